The van der Waals surface area contributed by atoms with Crippen LogP contribution < -0.4 is 10.5 Å². The molecule has 2 heterocycles. The number of anilines is 1. The van der Waals surface area contributed by atoms with E-state index < -0.39 is 0 Å². The summed E-state index contributed by atoms with van der Waals surface area (Å²) in [7, 11) is 0. The minimum atomic E-state index is 0.293. The van der Waals surface area contributed by atoms with Crippen LogP contribution in [-0.4, -0.2) is 16.6 Å². The molecule has 1 aliphatic rings. The van der Waals surface area contributed by atoms with Crippen molar-refractivity contribution in [3.63, 3.8) is 0 Å². The summed E-state index contributed by atoms with van der Waals surface area (Å²) in [5.74, 6) is 0.882. The average Bonchev–Trinajstić information content (AvgIpc) is 2.67. The maximum atomic E-state index is 5.94. The first-order valence-electron chi connectivity index (χ1n) is 6.26. The van der Waals surface area contributed by atoms with Gasteiger partial charge in [-0.3, -0.25) is 4.68 Å². The van der Waals surface area contributed by atoms with E-state index in [0.717, 1.165) is 34.0 Å². The molecule has 0 unspecified atom stereocenters. The third-order valence-electron chi connectivity index (χ3n) is 3.23. The van der Waals surface area contributed by atoms with E-state index in [2.05, 4.69) is 11.2 Å². The summed E-state index contributed by atoms with van der Waals surface area (Å²) in [4.78, 5) is 0. The van der Waals surface area contributed by atoms with E-state index in [4.69, 9.17) is 15.2 Å². The first kappa shape index (κ1) is 12.0. The van der Waals surface area contributed by atoms with Gasteiger partial charge in [0.05, 0.1) is 18.8 Å². The minimum Gasteiger partial charge on any atom is -0.467 e. The van der Waals surface area contributed by atoms with Crippen molar-refractivity contribution in [2.75, 3.05) is 12.5 Å². The highest BCUT2D eigenvalue weighted by molar-refractivity contribution is 5.53. The molecule has 0 atom stereocenters. The Morgan fingerprint density at radius 2 is 2.16 bits per heavy atom. The van der Waals surface area contributed by atoms with Crippen LogP contribution in [0.3, 0.4) is 0 Å². The first-order valence-corrected chi connectivity index (χ1v) is 6.26. The Balaban J connectivity index is 2.00. The second-order valence-electron chi connectivity index (χ2n) is 4.86. The van der Waals surface area contributed by atoms with Crippen molar-refractivity contribution in [1.29, 1.82) is 0 Å². The van der Waals surface area contributed by atoms with Gasteiger partial charge < -0.3 is 15.2 Å². The molecule has 0 radical (unpaired) electrons. The molecule has 100 valence electrons. The quantitative estimate of drug-likeness (QED) is 0.838. The van der Waals surface area contributed by atoms with Crippen LogP contribution in [0.2, 0.25) is 0 Å². The normalized spacial score (nSPS) is 14.0. The van der Waals surface area contributed by atoms with Crippen molar-refractivity contribution in [2.24, 2.45) is 0 Å². The van der Waals surface area contributed by atoms with Crippen molar-refractivity contribution in [3.8, 4) is 5.75 Å². The third kappa shape index (κ3) is 2.29. The Hall–Kier alpha value is -2.01. The Morgan fingerprint density at radius 1 is 1.32 bits per heavy atom. The Morgan fingerprint density at radius 3 is 2.89 bits per heavy atom. The standard InChI is InChI=1S/C14H17N3O2/c1-9-3-10(2)17(16-9)6-11-4-13(15)5-12-7-18-8-19-14(11)12/h3-5H,6-8,15H2,1-2H3. The van der Waals surface area contributed by atoms with Gasteiger partial charge in [0.25, 0.3) is 0 Å². The number of nitrogen functional groups attached to an aromatic ring is 1. The summed E-state index contributed by atoms with van der Waals surface area (Å²) in [5.41, 5.74) is 10.9. The zero-order valence-corrected chi connectivity index (χ0v) is 11.1. The molecule has 1 aliphatic heterocycles. The lowest BCUT2D eigenvalue weighted by molar-refractivity contribution is -0.0170. The number of hydrogen-bond donors (Lipinski definition) is 1. The lowest BCUT2D eigenvalue weighted by atomic mass is 10.1. The van der Waals surface area contributed by atoms with Gasteiger partial charge in [0, 0.05) is 22.5 Å². The molecule has 2 aromatic rings. The van der Waals surface area contributed by atoms with Crippen LogP contribution in [0.1, 0.15) is 22.5 Å². The highest BCUT2D eigenvalue weighted by atomic mass is 16.7. The van der Waals surface area contributed by atoms with E-state index in [-0.39, 0.29) is 0 Å². The van der Waals surface area contributed by atoms with Gasteiger partial charge in [-0.25, -0.2) is 0 Å². The Kier molecular flexibility index (Phi) is 2.91. The second-order valence-corrected chi connectivity index (χ2v) is 4.86. The lowest BCUT2D eigenvalue weighted by Gasteiger charge is -2.21. The molecule has 1 aromatic heterocycles. The third-order valence-corrected chi connectivity index (χ3v) is 3.23. The number of benzene rings is 1. The van der Waals surface area contributed by atoms with E-state index in [0.29, 0.717) is 19.9 Å². The molecule has 5 nitrogen and oxygen atoms in total. The highest BCUT2D eigenvalue weighted by Crippen LogP contribution is 2.31. The zero-order chi connectivity index (χ0) is 13.4. The molecule has 0 saturated carbocycles. The van der Waals surface area contributed by atoms with Gasteiger partial charge in [-0.1, -0.05) is 0 Å². The van der Waals surface area contributed by atoms with Crippen LogP contribution in [0.15, 0.2) is 18.2 Å². The van der Waals surface area contributed by atoms with Gasteiger partial charge in [0.1, 0.15) is 5.75 Å². The average molecular weight is 259 g/mol. The van der Waals surface area contributed by atoms with Crippen molar-refractivity contribution in [1.82, 2.24) is 9.78 Å². The monoisotopic (exact) mass is 259 g/mol. The number of ether oxygens (including phenoxy) is 2. The molecule has 3 rings (SSSR count). The Labute approximate surface area is 111 Å². The molecule has 0 bridgehead atoms. The molecule has 0 aliphatic carbocycles. The number of rotatable bonds is 2. The Bertz CT molecular complexity index is 619. The first-order chi connectivity index (χ1) is 9.13. The van der Waals surface area contributed by atoms with E-state index >= 15 is 0 Å². The summed E-state index contributed by atoms with van der Waals surface area (Å²) < 4.78 is 12.9. The van der Waals surface area contributed by atoms with Gasteiger partial charge in [-0.15, -0.1) is 0 Å². The largest absolute Gasteiger partial charge is 0.467 e. The predicted molar refractivity (Wildman–Crippen MR) is 71.9 cm³/mol. The van der Waals surface area contributed by atoms with Gasteiger partial charge in [-0.2, -0.15) is 5.10 Å². The van der Waals surface area contributed by atoms with E-state index in [1.165, 1.54) is 0 Å². The van der Waals surface area contributed by atoms with Crippen LogP contribution in [0.5, 0.6) is 5.75 Å². The summed E-state index contributed by atoms with van der Waals surface area (Å²) in [6, 6.07) is 5.91. The van der Waals surface area contributed by atoms with Gasteiger partial charge >= 0.3 is 0 Å². The second kappa shape index (κ2) is 4.59. The number of hydrogen-bond acceptors (Lipinski definition) is 4. The molecule has 5 heteroatoms. The summed E-state index contributed by atoms with van der Waals surface area (Å²) in [6.45, 7) is 5.53. The van der Waals surface area contributed by atoms with Crippen LogP contribution in [0, 0.1) is 13.8 Å². The maximum absolute atomic E-state index is 5.94. The lowest BCUT2D eigenvalue weighted by Crippen LogP contribution is -2.15. The molecule has 2 N–H and O–H groups in total. The predicted octanol–water partition coefficient (Wildman–Crippen LogP) is 2.00. The SMILES string of the molecule is Cc1cc(C)n(Cc2cc(N)cc3c2OCOC3)n1. The summed E-state index contributed by atoms with van der Waals surface area (Å²) >= 11 is 0. The smallest absolute Gasteiger partial charge is 0.189 e. The fourth-order valence-corrected chi connectivity index (χ4v) is 2.44. The molecule has 19 heavy (non-hydrogen) atoms. The molecule has 0 fully saturated rings. The highest BCUT2D eigenvalue weighted by Gasteiger charge is 2.17. The van der Waals surface area contributed by atoms with Gasteiger partial charge in [-0.05, 0) is 32.0 Å². The summed E-state index contributed by atoms with van der Waals surface area (Å²) in [5, 5.41) is 4.47. The number of nitrogens with zero attached hydrogens (tertiary/aromatic N) is 2. The van der Waals surface area contributed by atoms with Gasteiger partial charge in [0.2, 0.25) is 0 Å². The zero-order valence-electron chi connectivity index (χ0n) is 11.1. The van der Waals surface area contributed by atoms with Crippen LogP contribution >= 0.6 is 0 Å². The van der Waals surface area contributed by atoms with Crippen LogP contribution in [0.25, 0.3) is 0 Å². The number of aromatic nitrogens is 2. The fraction of sp³-hybridized carbons (Fsp3) is 0.357. The molecular weight excluding hydrogens is 242 g/mol. The molecule has 0 amide bonds. The van der Waals surface area contributed by atoms with Crippen molar-refractivity contribution < 1.29 is 9.47 Å². The van der Waals surface area contributed by atoms with E-state index in [9.17, 15) is 0 Å². The fourth-order valence-electron chi connectivity index (χ4n) is 2.44. The number of nitrogens with two attached hydrogens (primary N) is 1. The van der Waals surface area contributed by atoms with E-state index in [1.54, 1.807) is 0 Å². The van der Waals surface area contributed by atoms with Crippen molar-refractivity contribution >= 4 is 5.69 Å². The van der Waals surface area contributed by atoms with Crippen molar-refractivity contribution in [3.05, 3.63) is 40.7 Å². The molecular formula is C14H17N3O2. The molecule has 0 spiro atoms. The van der Waals surface area contributed by atoms with Crippen LogP contribution in [0.4, 0.5) is 5.69 Å². The number of aryl methyl sites for hydroxylation is 2. The van der Waals surface area contributed by atoms with Gasteiger partial charge in [0.15, 0.2) is 6.79 Å². The van der Waals surface area contributed by atoms with Crippen molar-refractivity contribution in [2.45, 2.75) is 27.0 Å². The maximum Gasteiger partial charge on any atom is 0.189 e. The van der Waals surface area contributed by atoms with Crippen LogP contribution in [-0.2, 0) is 17.9 Å². The molecule has 1 aromatic carbocycles. The molecule has 0 saturated heterocycles. The minimum absolute atomic E-state index is 0.293. The number of fused-ring (bicyclic) bond motifs is 1. The van der Waals surface area contributed by atoms with E-state index in [1.807, 2.05) is 30.7 Å². The topological polar surface area (TPSA) is 62.3 Å². The summed E-state index contributed by atoms with van der Waals surface area (Å²) in [6.07, 6.45) is 0.